The van der Waals surface area contributed by atoms with Gasteiger partial charge in [-0.2, -0.15) is 0 Å². The third-order valence-electron chi connectivity index (χ3n) is 5.54. The van der Waals surface area contributed by atoms with Gasteiger partial charge in [0.05, 0.1) is 12.8 Å². The number of amides is 2. The summed E-state index contributed by atoms with van der Waals surface area (Å²) < 4.78 is 5.28. The van der Waals surface area contributed by atoms with Gasteiger partial charge in [-0.1, -0.05) is 37.3 Å². The maximum absolute atomic E-state index is 12.5. The molecular formula is C23H32N4O3+2. The average molecular weight is 413 g/mol. The number of methoxy groups -OCH3 is 1. The number of hydrogen-bond donors (Lipinski definition) is 4. The molecule has 0 spiro atoms. The molecule has 2 aromatic carbocycles. The molecule has 1 fully saturated rings. The van der Waals surface area contributed by atoms with Crippen molar-refractivity contribution in [3.63, 3.8) is 0 Å². The summed E-state index contributed by atoms with van der Waals surface area (Å²) in [6, 6.07) is 15.3. The van der Waals surface area contributed by atoms with Gasteiger partial charge in [-0.3, -0.25) is 9.59 Å². The maximum Gasteiger partial charge on any atom is 0.279 e. The molecule has 0 aromatic heterocycles. The van der Waals surface area contributed by atoms with Gasteiger partial charge in [0.15, 0.2) is 13.1 Å². The number of carbonyl (C=O) groups excluding carboxylic acids is 2. The Morgan fingerprint density at radius 1 is 0.833 bits per heavy atom. The zero-order chi connectivity index (χ0) is 21.3. The van der Waals surface area contributed by atoms with Crippen LogP contribution in [0.5, 0.6) is 5.75 Å². The van der Waals surface area contributed by atoms with Gasteiger partial charge in [-0.05, 0) is 30.2 Å². The van der Waals surface area contributed by atoms with Gasteiger partial charge in [0.25, 0.3) is 11.8 Å². The Morgan fingerprint density at radius 2 is 1.33 bits per heavy atom. The number of carbonyl (C=O) groups is 2. The number of anilines is 2. The molecule has 1 aliphatic heterocycles. The van der Waals surface area contributed by atoms with E-state index in [0.717, 1.165) is 43.9 Å². The summed E-state index contributed by atoms with van der Waals surface area (Å²) in [7, 11) is 1.59. The second kappa shape index (κ2) is 10.8. The number of piperazine rings is 1. The molecule has 30 heavy (non-hydrogen) atoms. The Hall–Kier alpha value is -2.90. The molecule has 1 saturated heterocycles. The van der Waals surface area contributed by atoms with E-state index < -0.39 is 0 Å². The van der Waals surface area contributed by atoms with Crippen molar-refractivity contribution < 1.29 is 24.1 Å². The number of ether oxygens (including phenoxy) is 1. The molecule has 0 aliphatic carbocycles. The van der Waals surface area contributed by atoms with Gasteiger partial charge in [-0.25, -0.2) is 0 Å². The number of para-hydroxylation sites is 3. The highest BCUT2D eigenvalue weighted by atomic mass is 16.5. The minimum Gasteiger partial charge on any atom is -0.495 e. The monoisotopic (exact) mass is 412 g/mol. The van der Waals surface area contributed by atoms with Gasteiger partial charge in [0.1, 0.15) is 31.9 Å². The lowest BCUT2D eigenvalue weighted by Crippen LogP contribution is -3.28. The number of nitrogens with one attached hydrogen (secondary N) is 4. The van der Waals surface area contributed by atoms with E-state index in [1.165, 1.54) is 9.80 Å². The van der Waals surface area contributed by atoms with Crippen molar-refractivity contribution in [3.05, 3.63) is 54.1 Å². The van der Waals surface area contributed by atoms with Crippen molar-refractivity contribution in [3.8, 4) is 5.75 Å². The number of rotatable bonds is 8. The van der Waals surface area contributed by atoms with E-state index in [9.17, 15) is 9.59 Å². The summed E-state index contributed by atoms with van der Waals surface area (Å²) in [5, 5.41) is 5.98. The molecule has 0 unspecified atom stereocenters. The summed E-state index contributed by atoms with van der Waals surface area (Å²) in [6.45, 7) is 6.45. The normalized spacial score (nSPS) is 18.5. The minimum absolute atomic E-state index is 0.0214. The van der Waals surface area contributed by atoms with Crippen LogP contribution in [-0.2, 0) is 16.0 Å². The number of quaternary nitrogens is 2. The number of benzene rings is 2. The molecule has 3 rings (SSSR count). The summed E-state index contributed by atoms with van der Waals surface area (Å²) >= 11 is 0. The van der Waals surface area contributed by atoms with E-state index in [0.29, 0.717) is 24.5 Å². The molecular weight excluding hydrogens is 380 g/mol. The van der Waals surface area contributed by atoms with Gasteiger partial charge in [0, 0.05) is 5.69 Å². The Kier molecular flexibility index (Phi) is 7.82. The van der Waals surface area contributed by atoms with Gasteiger partial charge >= 0.3 is 0 Å². The molecule has 0 bridgehead atoms. The molecule has 0 saturated carbocycles. The lowest BCUT2D eigenvalue weighted by atomic mass is 10.1. The van der Waals surface area contributed by atoms with Crippen LogP contribution < -0.4 is 25.2 Å². The highest BCUT2D eigenvalue weighted by Crippen LogP contribution is 2.22. The predicted molar refractivity (Wildman–Crippen MR) is 117 cm³/mol. The van der Waals surface area contributed by atoms with E-state index in [-0.39, 0.29) is 11.8 Å². The fourth-order valence-corrected chi connectivity index (χ4v) is 3.85. The standard InChI is InChI=1S/C23H30N4O3/c1-3-18-8-4-5-9-19(18)24-22(28)16-26-12-14-27(15-13-26)17-23(29)25-20-10-6-7-11-21(20)30-2/h4-11H,3,12-17H2,1-2H3,(H,24,28)(H,25,29)/p+2. The minimum atomic E-state index is -0.0214. The molecule has 7 nitrogen and oxygen atoms in total. The number of hydrogen-bond acceptors (Lipinski definition) is 3. The van der Waals surface area contributed by atoms with E-state index in [1.807, 2.05) is 48.5 Å². The molecule has 4 N–H and O–H groups in total. The second-order valence-corrected chi connectivity index (χ2v) is 7.66. The zero-order valence-electron chi connectivity index (χ0n) is 17.8. The van der Waals surface area contributed by atoms with Gasteiger partial charge < -0.3 is 25.2 Å². The quantitative estimate of drug-likeness (QED) is 0.478. The highest BCUT2D eigenvalue weighted by Gasteiger charge is 2.26. The molecule has 0 atom stereocenters. The largest absolute Gasteiger partial charge is 0.495 e. The average Bonchev–Trinajstić information content (AvgIpc) is 2.76. The summed E-state index contributed by atoms with van der Waals surface area (Å²) in [4.78, 5) is 27.4. The van der Waals surface area contributed by atoms with Crippen LogP contribution >= 0.6 is 0 Å². The summed E-state index contributed by atoms with van der Waals surface area (Å²) in [5.74, 6) is 0.681. The second-order valence-electron chi connectivity index (χ2n) is 7.66. The van der Waals surface area contributed by atoms with Crippen molar-refractivity contribution in [1.29, 1.82) is 0 Å². The topological polar surface area (TPSA) is 76.3 Å². The van der Waals surface area contributed by atoms with Crippen LogP contribution in [0.25, 0.3) is 0 Å². The fourth-order valence-electron chi connectivity index (χ4n) is 3.85. The third-order valence-corrected chi connectivity index (χ3v) is 5.54. The molecule has 1 aliphatic rings. The smallest absolute Gasteiger partial charge is 0.279 e. The lowest BCUT2D eigenvalue weighted by molar-refractivity contribution is -1.00. The van der Waals surface area contributed by atoms with Crippen LogP contribution in [0.15, 0.2) is 48.5 Å². The molecule has 2 amide bonds. The predicted octanol–water partition coefficient (Wildman–Crippen LogP) is -0.382. The Balaban J connectivity index is 1.42. The first-order chi connectivity index (χ1) is 14.6. The van der Waals surface area contributed by atoms with Crippen molar-refractivity contribution >= 4 is 23.2 Å². The number of aryl methyl sites for hydroxylation is 1. The van der Waals surface area contributed by atoms with E-state index in [2.05, 4.69) is 17.6 Å². The van der Waals surface area contributed by atoms with Crippen molar-refractivity contribution in [2.75, 3.05) is 57.0 Å². The fraction of sp³-hybridized carbons (Fsp3) is 0.391. The molecule has 160 valence electrons. The van der Waals surface area contributed by atoms with Crippen molar-refractivity contribution in [2.24, 2.45) is 0 Å². The summed E-state index contributed by atoms with van der Waals surface area (Å²) in [6.07, 6.45) is 0.891. The van der Waals surface area contributed by atoms with Crippen LogP contribution in [0.1, 0.15) is 12.5 Å². The third kappa shape index (κ3) is 6.05. The highest BCUT2D eigenvalue weighted by molar-refractivity contribution is 5.93. The van der Waals surface area contributed by atoms with Crippen LogP contribution in [0.3, 0.4) is 0 Å². The van der Waals surface area contributed by atoms with E-state index in [4.69, 9.17) is 4.74 Å². The molecule has 1 heterocycles. The van der Waals surface area contributed by atoms with Crippen LogP contribution in [0, 0.1) is 0 Å². The first kappa shape index (κ1) is 21.8. The first-order valence-electron chi connectivity index (χ1n) is 10.6. The SMILES string of the molecule is CCc1ccccc1NC(=O)C[NH+]1CC[NH+](CC(=O)Nc2ccccc2OC)CC1. The van der Waals surface area contributed by atoms with E-state index >= 15 is 0 Å². The van der Waals surface area contributed by atoms with Crippen LogP contribution in [0.4, 0.5) is 11.4 Å². The molecule has 2 aromatic rings. The molecule has 7 heteroatoms. The maximum atomic E-state index is 12.5. The Morgan fingerprint density at radius 3 is 1.90 bits per heavy atom. The van der Waals surface area contributed by atoms with Gasteiger partial charge in [-0.15, -0.1) is 0 Å². The van der Waals surface area contributed by atoms with Crippen molar-refractivity contribution in [1.82, 2.24) is 0 Å². The molecule has 0 radical (unpaired) electrons. The first-order valence-corrected chi connectivity index (χ1v) is 10.6. The zero-order valence-corrected chi connectivity index (χ0v) is 17.8. The van der Waals surface area contributed by atoms with Crippen LogP contribution in [-0.4, -0.2) is 58.2 Å². The van der Waals surface area contributed by atoms with Gasteiger partial charge in [0.2, 0.25) is 0 Å². The van der Waals surface area contributed by atoms with Crippen molar-refractivity contribution in [2.45, 2.75) is 13.3 Å². The van der Waals surface area contributed by atoms with Crippen LogP contribution in [0.2, 0.25) is 0 Å². The van der Waals surface area contributed by atoms with E-state index in [1.54, 1.807) is 7.11 Å². The lowest BCUT2D eigenvalue weighted by Gasteiger charge is -2.29. The Bertz CT molecular complexity index is 792. The summed E-state index contributed by atoms with van der Waals surface area (Å²) in [5.41, 5.74) is 2.75. The Labute approximate surface area is 178 Å².